The van der Waals surface area contributed by atoms with Crippen LogP contribution in [0.1, 0.15) is 0 Å². The molecule has 0 spiro atoms. The van der Waals surface area contributed by atoms with Gasteiger partial charge in [0.1, 0.15) is 0 Å². The van der Waals surface area contributed by atoms with Crippen LogP contribution in [0.2, 0.25) is 0 Å². The van der Waals surface area contributed by atoms with Gasteiger partial charge in [0.15, 0.2) is 0 Å². The second kappa shape index (κ2) is 10.5. The molecule has 0 aliphatic rings. The molecule has 0 unspecified atom stereocenters. The molecule has 0 radical (unpaired) electrons. The van der Waals surface area contributed by atoms with Crippen LogP contribution in [0.3, 0.4) is 0 Å². The molecule has 0 aromatic heterocycles. The van der Waals surface area contributed by atoms with Crippen molar-refractivity contribution in [3.05, 3.63) is 0 Å². The van der Waals surface area contributed by atoms with Crippen molar-refractivity contribution in [2.75, 3.05) is 0 Å². The first-order valence-corrected chi connectivity index (χ1v) is 4.77. The monoisotopic (exact) mass is 252 g/mol. The van der Waals surface area contributed by atoms with Crippen molar-refractivity contribution in [3.8, 4) is 0 Å². The first-order chi connectivity index (χ1) is 1.73. The molecule has 0 aromatic carbocycles. The molecule has 0 bridgehead atoms. The van der Waals surface area contributed by atoms with Crippen LogP contribution in [-0.2, 0) is 0 Å². The van der Waals surface area contributed by atoms with Gasteiger partial charge in [-0.25, -0.2) is 0 Å². The Kier molecular flexibility index (Phi) is 27.8. The summed E-state index contributed by atoms with van der Waals surface area (Å²) in [5.41, 5.74) is 0. The Labute approximate surface area is 91.4 Å². The van der Waals surface area contributed by atoms with E-state index in [4.69, 9.17) is 0 Å². The number of halogens is 3. The second-order valence-electron chi connectivity index (χ2n) is 0.247. The predicted octanol–water partition coefficient (Wildman–Crippen LogP) is -1.91. The van der Waals surface area contributed by atoms with Crippen LogP contribution in [0, 0.1) is 32.2 Å². The Morgan fingerprint density at radius 3 is 1.00 bits per heavy atom. The van der Waals surface area contributed by atoms with Gasteiger partial charge in [-0.15, -0.1) is 0 Å². The van der Waals surface area contributed by atoms with E-state index in [1.165, 1.54) is 0 Å². The summed E-state index contributed by atoms with van der Waals surface area (Å²) in [4.78, 5) is 0. The van der Waals surface area contributed by atoms with Gasteiger partial charge in [-0.05, 0) is 0 Å². The summed E-state index contributed by atoms with van der Waals surface area (Å²) in [6.07, 6.45) is 0. The fourth-order valence-corrected chi connectivity index (χ4v) is 0. The zero-order chi connectivity index (χ0) is 3.58. The molecule has 0 aliphatic heterocycles. The van der Waals surface area contributed by atoms with Gasteiger partial charge in [-0.3, -0.25) is 0 Å². The summed E-state index contributed by atoms with van der Waals surface area (Å²) in [5.74, 6) is 0. The quantitative estimate of drug-likeness (QED) is 0.462. The summed E-state index contributed by atoms with van der Waals surface area (Å²) in [6, 6.07) is 0. The largest absolute Gasteiger partial charge is 1.00 e. The minimum absolute atomic E-state index is 0. The molecule has 0 atom stereocenters. The maximum absolute atomic E-state index is 9.89. The molecule has 6 heteroatoms. The van der Waals surface area contributed by atoms with Crippen molar-refractivity contribution in [1.82, 2.24) is 0 Å². The first-order valence-electron chi connectivity index (χ1n) is 0.655. The van der Waals surface area contributed by atoms with Gasteiger partial charge in [-0.2, -0.15) is 0 Å². The molecule has 32 valence electrons. The maximum atomic E-state index is 9.89. The number of hydrogen-bond donors (Lipinski definition) is 0. The first kappa shape index (κ1) is 15.8. The zero-order valence-electron chi connectivity index (χ0n) is 3.16. The van der Waals surface area contributed by atoms with Crippen LogP contribution < -0.4 is 51.4 Å². The van der Waals surface area contributed by atoms with Crippen molar-refractivity contribution >= 4 is 0 Å². The predicted molar refractivity (Wildman–Crippen MR) is 5.26 cm³/mol. The molecule has 0 rings (SSSR count). The maximum Gasteiger partial charge on any atom is 1.00 e. The van der Waals surface area contributed by atoms with E-state index in [0.717, 1.165) is 0 Å². The topological polar surface area (TPSA) is 30.0 Å². The van der Waals surface area contributed by atoms with Gasteiger partial charge < -0.3 is 5.48 Å². The molecule has 0 aromatic rings. The Bertz CT molecular complexity index is 15.5. The van der Waals surface area contributed by atoms with Crippen molar-refractivity contribution in [2.45, 2.75) is 0 Å². The van der Waals surface area contributed by atoms with E-state index in [0.29, 0.717) is 0 Å². The van der Waals surface area contributed by atoms with Crippen LogP contribution in [-0.4, -0.2) is 5.48 Å². The molecule has 0 heterocycles. The Balaban J connectivity index is -0.0000000450. The summed E-state index contributed by atoms with van der Waals surface area (Å²) in [6.45, 7) is 0. The van der Waals surface area contributed by atoms with E-state index in [1.807, 2.05) is 0 Å². The summed E-state index contributed by atoms with van der Waals surface area (Å²) in [5, 5.41) is 0. The molecule has 1 N–H and O–H groups in total. The van der Waals surface area contributed by atoms with Gasteiger partial charge in [0, 0.05) is 0 Å². The molecule has 0 saturated heterocycles. The number of rotatable bonds is 0. The van der Waals surface area contributed by atoms with Gasteiger partial charge >= 0.3 is 88.4 Å². The summed E-state index contributed by atoms with van der Waals surface area (Å²) >= 11 is -5.22. The van der Waals surface area contributed by atoms with Gasteiger partial charge in [0.05, 0.1) is 0 Å². The third-order valence-electron chi connectivity index (χ3n) is 0. The van der Waals surface area contributed by atoms with E-state index in [2.05, 4.69) is 0 Å². The number of hydrogen-bond acceptors (Lipinski definition) is 1. The Morgan fingerprint density at radius 2 is 1.00 bits per heavy atom. The van der Waals surface area contributed by atoms with Crippen LogP contribution in [0.15, 0.2) is 0 Å². The Morgan fingerprint density at radius 1 is 1.00 bits per heavy atom. The smallest absolute Gasteiger partial charge is 0.870 e. The van der Waals surface area contributed by atoms with Crippen LogP contribution >= 0.6 is 0 Å². The van der Waals surface area contributed by atoms with Crippen LogP contribution in [0.4, 0.5) is 4.81 Å². The molecule has 6 heavy (non-hydrogen) atoms. The zero-order valence-corrected chi connectivity index (χ0v) is 9.91. The summed E-state index contributed by atoms with van der Waals surface area (Å²) < 4.78 is 29.7. The van der Waals surface area contributed by atoms with E-state index >= 15 is 0 Å². The van der Waals surface area contributed by atoms with E-state index in [9.17, 15) is 4.81 Å². The van der Waals surface area contributed by atoms with Crippen LogP contribution in [0.25, 0.3) is 0 Å². The minimum atomic E-state index is -5.22. The Hall–Kier alpha value is 2.58. The SMILES string of the molecule is [F][La]([F])[F].[K+].[OH-]. The summed E-state index contributed by atoms with van der Waals surface area (Å²) in [7, 11) is 0. The molecule has 1 nitrogen and oxygen atoms in total. The minimum Gasteiger partial charge on any atom is -0.870 e. The van der Waals surface area contributed by atoms with E-state index in [-0.39, 0.29) is 56.9 Å². The molecular weight excluding hydrogens is 251 g/mol. The van der Waals surface area contributed by atoms with E-state index < -0.39 is 32.2 Å². The molecule has 0 amide bonds. The molecule has 0 fully saturated rings. The molecular formula is HF3KLaO. The van der Waals surface area contributed by atoms with E-state index in [1.54, 1.807) is 0 Å². The van der Waals surface area contributed by atoms with Gasteiger partial charge in [0.2, 0.25) is 0 Å². The molecule has 0 aliphatic carbocycles. The fourth-order valence-electron chi connectivity index (χ4n) is 0. The standard InChI is InChI=1S/3FH.K.La.H2O/h3*1H;;;1H2/q;;;+1;+3;/p-4. The average Bonchev–Trinajstić information content (AvgIpc) is 0.811. The van der Waals surface area contributed by atoms with Crippen molar-refractivity contribution in [3.63, 3.8) is 0 Å². The van der Waals surface area contributed by atoms with Crippen molar-refractivity contribution < 1.29 is 93.9 Å². The van der Waals surface area contributed by atoms with Crippen molar-refractivity contribution in [1.29, 1.82) is 0 Å². The third-order valence-corrected chi connectivity index (χ3v) is 0. The fraction of sp³-hybridized carbons (Fsp3) is 0. The molecule has 0 saturated carbocycles. The third kappa shape index (κ3) is 30.8. The second-order valence-corrected chi connectivity index (χ2v) is 1.80. The average molecular weight is 252 g/mol. The normalized spacial score (nSPS) is 4.50. The van der Waals surface area contributed by atoms with Crippen LogP contribution in [0.5, 0.6) is 0 Å². The van der Waals surface area contributed by atoms with Crippen molar-refractivity contribution in [2.24, 2.45) is 0 Å². The van der Waals surface area contributed by atoms with Gasteiger partial charge in [-0.1, -0.05) is 0 Å². The van der Waals surface area contributed by atoms with Gasteiger partial charge in [0.25, 0.3) is 0 Å².